The van der Waals surface area contributed by atoms with Gasteiger partial charge >= 0.3 is 5.97 Å². The Morgan fingerprint density at radius 2 is 1.26 bits per heavy atom. The summed E-state index contributed by atoms with van der Waals surface area (Å²) in [6.45, 7) is 3.52. The highest BCUT2D eigenvalue weighted by Gasteiger charge is 2.20. The molecular weight excluding hydrogens is 470 g/mol. The second-order valence-electron chi connectivity index (χ2n) is 11.2. The summed E-state index contributed by atoms with van der Waals surface area (Å²) < 4.78 is 4.75. The van der Waals surface area contributed by atoms with Crippen molar-refractivity contribution in [1.29, 1.82) is 0 Å². The molecule has 1 amide bonds. The van der Waals surface area contributed by atoms with E-state index >= 15 is 0 Å². The topological polar surface area (TPSA) is 46.6 Å². The molecule has 2 aromatic rings. The lowest BCUT2D eigenvalue weighted by Gasteiger charge is -2.24. The van der Waals surface area contributed by atoms with Crippen LogP contribution in [0, 0.1) is 5.92 Å². The summed E-state index contributed by atoms with van der Waals surface area (Å²) in [7, 11) is 1.42. The van der Waals surface area contributed by atoms with E-state index in [0.29, 0.717) is 32.4 Å². The fourth-order valence-corrected chi connectivity index (χ4v) is 5.54. The van der Waals surface area contributed by atoms with Crippen LogP contribution in [0.1, 0.15) is 113 Å². The molecule has 0 heterocycles. The second kappa shape index (κ2) is 17.1. The first kappa shape index (κ1) is 29.9. The van der Waals surface area contributed by atoms with Gasteiger partial charge in [-0.15, -0.1) is 0 Å². The molecule has 208 valence electrons. The van der Waals surface area contributed by atoms with Crippen LogP contribution in [0.4, 0.5) is 0 Å². The van der Waals surface area contributed by atoms with Gasteiger partial charge in [0.2, 0.25) is 5.91 Å². The number of carbonyl (C=O) groups is 2. The minimum absolute atomic E-state index is 0.189. The summed E-state index contributed by atoms with van der Waals surface area (Å²) in [5.41, 5.74) is 4.83. The van der Waals surface area contributed by atoms with E-state index in [4.69, 9.17) is 4.74 Å². The van der Waals surface area contributed by atoms with Crippen LogP contribution >= 0.6 is 0 Å². The Bertz CT molecular complexity index is 945. The molecule has 1 aliphatic rings. The molecule has 4 nitrogen and oxygen atoms in total. The Labute approximate surface area is 231 Å². The van der Waals surface area contributed by atoms with Crippen LogP contribution in [0.15, 0.2) is 48.5 Å². The average Bonchev–Trinajstić information content (AvgIpc) is 3.47. The van der Waals surface area contributed by atoms with Crippen molar-refractivity contribution in [3.05, 3.63) is 70.8 Å². The molecule has 1 saturated carbocycles. The van der Waals surface area contributed by atoms with E-state index in [-0.39, 0.29) is 11.9 Å². The third kappa shape index (κ3) is 11.0. The van der Waals surface area contributed by atoms with Crippen LogP contribution in [0.25, 0.3) is 0 Å². The van der Waals surface area contributed by atoms with Gasteiger partial charge in [0.25, 0.3) is 0 Å². The van der Waals surface area contributed by atoms with E-state index in [1.807, 2.05) is 4.90 Å². The first-order valence-corrected chi connectivity index (χ1v) is 15.1. The third-order valence-corrected chi connectivity index (χ3v) is 8.05. The number of hydrogen-bond donors (Lipinski definition) is 0. The molecule has 3 rings (SSSR count). The van der Waals surface area contributed by atoms with Gasteiger partial charge in [-0.2, -0.15) is 0 Å². The zero-order chi connectivity index (χ0) is 27.0. The first-order chi connectivity index (χ1) is 18.6. The number of carbonyl (C=O) groups excluding carboxylic acids is 2. The van der Waals surface area contributed by atoms with Gasteiger partial charge in [0.15, 0.2) is 0 Å². The molecule has 1 fully saturated rings. The molecule has 0 unspecified atom stereocenters. The van der Waals surface area contributed by atoms with E-state index in [1.165, 1.54) is 82.4 Å². The van der Waals surface area contributed by atoms with Gasteiger partial charge in [0.1, 0.15) is 0 Å². The molecular formula is C34H49NO3. The van der Waals surface area contributed by atoms with Crippen LogP contribution in [0.2, 0.25) is 0 Å². The minimum atomic E-state index is -0.189. The smallest absolute Gasteiger partial charge is 0.305 e. The van der Waals surface area contributed by atoms with Gasteiger partial charge in [-0.05, 0) is 53.9 Å². The predicted molar refractivity (Wildman–Crippen MR) is 156 cm³/mol. The van der Waals surface area contributed by atoms with Crippen LogP contribution in [-0.2, 0) is 40.3 Å². The number of amides is 1. The SMILES string of the molecule is CCCCCCCCc1ccc(CN(Cc2ccc(CCC(=O)OC)cc2)C(=O)CCC2CCCC2)cc1. The van der Waals surface area contributed by atoms with Crippen molar-refractivity contribution in [2.24, 2.45) is 5.92 Å². The zero-order valence-electron chi connectivity index (χ0n) is 23.9. The third-order valence-electron chi connectivity index (χ3n) is 8.05. The number of esters is 1. The van der Waals surface area contributed by atoms with Crippen molar-refractivity contribution in [2.75, 3.05) is 7.11 Å². The highest BCUT2D eigenvalue weighted by Crippen LogP contribution is 2.29. The van der Waals surface area contributed by atoms with Gasteiger partial charge in [0.05, 0.1) is 7.11 Å². The van der Waals surface area contributed by atoms with E-state index in [2.05, 4.69) is 55.5 Å². The number of benzene rings is 2. The van der Waals surface area contributed by atoms with E-state index in [0.717, 1.165) is 29.9 Å². The lowest BCUT2D eigenvalue weighted by Crippen LogP contribution is -2.30. The number of ether oxygens (including phenoxy) is 1. The molecule has 1 aliphatic carbocycles. The average molecular weight is 520 g/mol. The standard InChI is InChI=1S/C34H49NO3/c1-3-4-5-6-7-8-11-29-14-18-31(19-15-29)26-35(33(36)24-22-28-12-9-10-13-28)27-32-20-16-30(17-21-32)23-25-34(37)38-2/h14-21,28H,3-13,22-27H2,1-2H3. The molecule has 0 saturated heterocycles. The minimum Gasteiger partial charge on any atom is -0.469 e. The maximum Gasteiger partial charge on any atom is 0.305 e. The number of aryl methyl sites for hydroxylation is 2. The number of methoxy groups -OCH3 is 1. The largest absolute Gasteiger partial charge is 0.469 e. The Morgan fingerprint density at radius 3 is 1.84 bits per heavy atom. The summed E-state index contributed by atoms with van der Waals surface area (Å²) in [6.07, 6.45) is 16.9. The van der Waals surface area contributed by atoms with Crippen molar-refractivity contribution >= 4 is 11.9 Å². The summed E-state index contributed by atoms with van der Waals surface area (Å²) >= 11 is 0. The van der Waals surface area contributed by atoms with Crippen molar-refractivity contribution in [1.82, 2.24) is 4.90 Å². The fraction of sp³-hybridized carbons (Fsp3) is 0.588. The van der Waals surface area contributed by atoms with Crippen LogP contribution in [-0.4, -0.2) is 23.9 Å². The summed E-state index contributed by atoms with van der Waals surface area (Å²) in [4.78, 5) is 26.9. The van der Waals surface area contributed by atoms with Crippen LogP contribution in [0.3, 0.4) is 0 Å². The maximum absolute atomic E-state index is 13.4. The van der Waals surface area contributed by atoms with Crippen molar-refractivity contribution < 1.29 is 14.3 Å². The number of nitrogens with zero attached hydrogens (tertiary/aromatic N) is 1. The molecule has 0 N–H and O–H groups in total. The highest BCUT2D eigenvalue weighted by atomic mass is 16.5. The van der Waals surface area contributed by atoms with Crippen molar-refractivity contribution in [3.8, 4) is 0 Å². The molecule has 0 aliphatic heterocycles. The Balaban J connectivity index is 1.57. The Morgan fingerprint density at radius 1 is 0.737 bits per heavy atom. The monoisotopic (exact) mass is 519 g/mol. The number of unbranched alkanes of at least 4 members (excludes halogenated alkanes) is 5. The van der Waals surface area contributed by atoms with Crippen molar-refractivity contribution in [2.45, 2.75) is 116 Å². The van der Waals surface area contributed by atoms with E-state index in [1.54, 1.807) is 0 Å². The van der Waals surface area contributed by atoms with Gasteiger partial charge in [-0.25, -0.2) is 0 Å². The maximum atomic E-state index is 13.4. The normalized spacial score (nSPS) is 13.5. The predicted octanol–water partition coefficient (Wildman–Crippen LogP) is 8.19. The molecule has 4 heteroatoms. The van der Waals surface area contributed by atoms with Crippen LogP contribution in [0.5, 0.6) is 0 Å². The van der Waals surface area contributed by atoms with E-state index < -0.39 is 0 Å². The number of hydrogen-bond acceptors (Lipinski definition) is 3. The Kier molecular flexibility index (Phi) is 13.4. The quantitative estimate of drug-likeness (QED) is 0.156. The summed E-state index contributed by atoms with van der Waals surface area (Å²) in [5.74, 6) is 0.782. The lowest BCUT2D eigenvalue weighted by atomic mass is 10.0. The molecule has 0 bridgehead atoms. The van der Waals surface area contributed by atoms with Gasteiger partial charge in [-0.1, -0.05) is 113 Å². The summed E-state index contributed by atoms with van der Waals surface area (Å²) in [5, 5.41) is 0. The van der Waals surface area contributed by atoms with Crippen molar-refractivity contribution in [3.63, 3.8) is 0 Å². The Hall–Kier alpha value is -2.62. The molecule has 0 aromatic heterocycles. The first-order valence-electron chi connectivity index (χ1n) is 15.1. The second-order valence-corrected chi connectivity index (χ2v) is 11.2. The van der Waals surface area contributed by atoms with Crippen LogP contribution < -0.4 is 0 Å². The summed E-state index contributed by atoms with van der Waals surface area (Å²) in [6, 6.07) is 17.2. The molecule has 0 radical (unpaired) electrons. The number of rotatable bonds is 17. The van der Waals surface area contributed by atoms with Gasteiger partial charge in [0, 0.05) is 25.9 Å². The zero-order valence-corrected chi connectivity index (χ0v) is 23.9. The van der Waals surface area contributed by atoms with E-state index in [9.17, 15) is 9.59 Å². The van der Waals surface area contributed by atoms with Gasteiger partial charge in [-0.3, -0.25) is 9.59 Å². The molecule has 0 atom stereocenters. The lowest BCUT2D eigenvalue weighted by molar-refractivity contribution is -0.140. The fourth-order valence-electron chi connectivity index (χ4n) is 5.54. The molecule has 38 heavy (non-hydrogen) atoms. The highest BCUT2D eigenvalue weighted by molar-refractivity contribution is 5.76. The molecule has 0 spiro atoms. The van der Waals surface area contributed by atoms with Gasteiger partial charge < -0.3 is 9.64 Å². The molecule has 2 aromatic carbocycles.